The standard InChI is InChI=1S/C21H18IN5OS/c22-16-2-5-18(6-3-16)27-12-17(25-26-27)4-8-21(28)24-20-11-14(1-7-19(20)23)15-9-10-29-13-15/h1-3,5-7,9-13H,4,8,23H2,(H,24,28). The molecule has 0 saturated carbocycles. The molecule has 0 atom stereocenters. The lowest BCUT2D eigenvalue weighted by atomic mass is 10.1. The summed E-state index contributed by atoms with van der Waals surface area (Å²) in [4.78, 5) is 12.4. The van der Waals surface area contributed by atoms with E-state index in [-0.39, 0.29) is 5.91 Å². The van der Waals surface area contributed by atoms with Crippen LogP contribution in [0.3, 0.4) is 0 Å². The topological polar surface area (TPSA) is 85.8 Å². The summed E-state index contributed by atoms with van der Waals surface area (Å²) in [5.74, 6) is -0.108. The molecule has 4 aromatic rings. The summed E-state index contributed by atoms with van der Waals surface area (Å²) in [6.45, 7) is 0. The molecular formula is C21H18IN5OS. The Kier molecular flexibility index (Phi) is 5.91. The van der Waals surface area contributed by atoms with Gasteiger partial charge in [-0.25, -0.2) is 4.68 Å². The maximum atomic E-state index is 12.4. The van der Waals surface area contributed by atoms with Crippen molar-refractivity contribution in [1.82, 2.24) is 15.0 Å². The SMILES string of the molecule is Nc1ccc(-c2ccsc2)cc1NC(=O)CCc1cn(-c2ccc(I)cc2)nn1. The van der Waals surface area contributed by atoms with E-state index in [1.807, 2.05) is 60.1 Å². The second-order valence-corrected chi connectivity index (χ2v) is 8.52. The van der Waals surface area contributed by atoms with E-state index < -0.39 is 0 Å². The molecule has 4 rings (SSSR count). The van der Waals surface area contributed by atoms with E-state index in [2.05, 4.69) is 43.6 Å². The number of carbonyl (C=O) groups excluding carboxylic acids is 1. The van der Waals surface area contributed by atoms with Crippen LogP contribution in [0.2, 0.25) is 0 Å². The average molecular weight is 515 g/mol. The molecule has 0 radical (unpaired) electrons. The summed E-state index contributed by atoms with van der Waals surface area (Å²) in [7, 11) is 0. The third kappa shape index (κ3) is 4.83. The van der Waals surface area contributed by atoms with Crippen molar-refractivity contribution in [3.63, 3.8) is 0 Å². The third-order valence-electron chi connectivity index (χ3n) is 4.42. The van der Waals surface area contributed by atoms with E-state index in [0.717, 1.165) is 26.1 Å². The summed E-state index contributed by atoms with van der Waals surface area (Å²) in [5.41, 5.74) is 11.0. The zero-order chi connectivity index (χ0) is 20.2. The first-order valence-corrected chi connectivity index (χ1v) is 11.0. The summed E-state index contributed by atoms with van der Waals surface area (Å²) >= 11 is 3.89. The fraction of sp³-hybridized carbons (Fsp3) is 0.0952. The Bertz CT molecular complexity index is 1120. The Balaban J connectivity index is 1.38. The predicted octanol–water partition coefficient (Wildman–Crippen LogP) is 4.75. The molecule has 2 aromatic carbocycles. The van der Waals surface area contributed by atoms with Gasteiger partial charge in [0, 0.05) is 16.4 Å². The van der Waals surface area contributed by atoms with Crippen LogP contribution in [0.4, 0.5) is 11.4 Å². The lowest BCUT2D eigenvalue weighted by molar-refractivity contribution is -0.116. The van der Waals surface area contributed by atoms with Crippen LogP contribution >= 0.6 is 33.9 Å². The fourth-order valence-electron chi connectivity index (χ4n) is 2.86. The Labute approximate surface area is 185 Å². The molecule has 0 bridgehead atoms. The molecule has 0 fully saturated rings. The number of hydrogen-bond acceptors (Lipinski definition) is 5. The number of nitrogens with zero attached hydrogens (tertiary/aromatic N) is 3. The van der Waals surface area contributed by atoms with Crippen molar-refractivity contribution in [2.75, 3.05) is 11.1 Å². The van der Waals surface area contributed by atoms with Gasteiger partial charge in [0.25, 0.3) is 0 Å². The normalized spacial score (nSPS) is 10.8. The van der Waals surface area contributed by atoms with Crippen molar-refractivity contribution in [3.8, 4) is 16.8 Å². The molecule has 0 aliphatic carbocycles. The Morgan fingerprint density at radius 1 is 1.14 bits per heavy atom. The summed E-state index contributed by atoms with van der Waals surface area (Å²) in [5, 5.41) is 15.3. The summed E-state index contributed by atoms with van der Waals surface area (Å²) in [6, 6.07) is 15.7. The molecule has 29 heavy (non-hydrogen) atoms. The van der Waals surface area contributed by atoms with E-state index in [9.17, 15) is 4.79 Å². The highest BCUT2D eigenvalue weighted by atomic mass is 127. The van der Waals surface area contributed by atoms with Crippen molar-refractivity contribution >= 4 is 51.2 Å². The second-order valence-electron chi connectivity index (χ2n) is 6.49. The van der Waals surface area contributed by atoms with Crippen LogP contribution in [0.1, 0.15) is 12.1 Å². The minimum absolute atomic E-state index is 0.108. The number of aryl methyl sites for hydroxylation is 1. The van der Waals surface area contributed by atoms with Crippen molar-refractivity contribution in [1.29, 1.82) is 0 Å². The Morgan fingerprint density at radius 2 is 1.97 bits per heavy atom. The number of nitrogen functional groups attached to an aromatic ring is 1. The number of halogens is 1. The van der Waals surface area contributed by atoms with Crippen molar-refractivity contribution < 1.29 is 4.79 Å². The van der Waals surface area contributed by atoms with Gasteiger partial charge in [0.2, 0.25) is 5.91 Å². The number of anilines is 2. The number of thiophene rings is 1. The van der Waals surface area contributed by atoms with Crippen LogP contribution in [-0.2, 0) is 11.2 Å². The molecule has 3 N–H and O–H groups in total. The van der Waals surface area contributed by atoms with Crippen LogP contribution in [-0.4, -0.2) is 20.9 Å². The maximum Gasteiger partial charge on any atom is 0.224 e. The van der Waals surface area contributed by atoms with Crippen LogP contribution < -0.4 is 11.1 Å². The van der Waals surface area contributed by atoms with Crippen LogP contribution in [0.5, 0.6) is 0 Å². The quantitative estimate of drug-likeness (QED) is 0.287. The number of amides is 1. The summed E-state index contributed by atoms with van der Waals surface area (Å²) in [6.07, 6.45) is 2.65. The third-order valence-corrected chi connectivity index (χ3v) is 5.82. The van der Waals surface area contributed by atoms with Crippen LogP contribution in [0, 0.1) is 3.57 Å². The highest BCUT2D eigenvalue weighted by molar-refractivity contribution is 14.1. The molecule has 6 nitrogen and oxygen atoms in total. The number of benzene rings is 2. The van der Waals surface area contributed by atoms with E-state index in [0.29, 0.717) is 24.2 Å². The van der Waals surface area contributed by atoms with Gasteiger partial charge in [-0.1, -0.05) is 11.3 Å². The Hall–Kier alpha value is -2.72. The first-order valence-electron chi connectivity index (χ1n) is 8.97. The number of carbonyl (C=O) groups is 1. The molecule has 2 aromatic heterocycles. The minimum atomic E-state index is -0.108. The largest absolute Gasteiger partial charge is 0.397 e. The molecule has 1 amide bonds. The smallest absolute Gasteiger partial charge is 0.224 e. The molecule has 0 saturated heterocycles. The van der Waals surface area contributed by atoms with Crippen LogP contribution in [0.15, 0.2) is 65.5 Å². The highest BCUT2D eigenvalue weighted by Gasteiger charge is 2.10. The van der Waals surface area contributed by atoms with Gasteiger partial charge in [0.1, 0.15) is 0 Å². The zero-order valence-corrected chi connectivity index (χ0v) is 18.4. The first kappa shape index (κ1) is 19.6. The average Bonchev–Trinajstić information content (AvgIpc) is 3.41. The molecule has 0 aliphatic rings. The highest BCUT2D eigenvalue weighted by Crippen LogP contribution is 2.28. The van der Waals surface area contributed by atoms with Gasteiger partial charge in [-0.05, 0) is 86.9 Å². The number of nitrogens with one attached hydrogen (secondary N) is 1. The van der Waals surface area contributed by atoms with Crippen molar-refractivity contribution in [3.05, 3.63) is 74.8 Å². The lowest BCUT2D eigenvalue weighted by Crippen LogP contribution is -2.13. The zero-order valence-electron chi connectivity index (χ0n) is 15.4. The van der Waals surface area contributed by atoms with Gasteiger partial charge in [0.15, 0.2) is 0 Å². The van der Waals surface area contributed by atoms with E-state index in [4.69, 9.17) is 5.73 Å². The van der Waals surface area contributed by atoms with E-state index >= 15 is 0 Å². The maximum absolute atomic E-state index is 12.4. The molecule has 0 aliphatic heterocycles. The van der Waals surface area contributed by atoms with E-state index in [1.54, 1.807) is 16.0 Å². The number of nitrogens with two attached hydrogens (primary N) is 1. The fourth-order valence-corrected chi connectivity index (χ4v) is 3.88. The number of hydrogen-bond donors (Lipinski definition) is 2. The molecule has 2 heterocycles. The molecule has 0 spiro atoms. The molecule has 146 valence electrons. The van der Waals surface area contributed by atoms with E-state index in [1.165, 1.54) is 0 Å². The van der Waals surface area contributed by atoms with Gasteiger partial charge >= 0.3 is 0 Å². The van der Waals surface area contributed by atoms with Gasteiger partial charge in [-0.2, -0.15) is 11.3 Å². The number of aromatic nitrogens is 3. The molecule has 8 heteroatoms. The lowest BCUT2D eigenvalue weighted by Gasteiger charge is -2.10. The van der Waals surface area contributed by atoms with Crippen LogP contribution in [0.25, 0.3) is 16.8 Å². The Morgan fingerprint density at radius 3 is 2.72 bits per heavy atom. The minimum Gasteiger partial charge on any atom is -0.397 e. The van der Waals surface area contributed by atoms with Gasteiger partial charge < -0.3 is 11.1 Å². The first-order chi connectivity index (χ1) is 14.1. The second kappa shape index (κ2) is 8.75. The molecular weight excluding hydrogens is 497 g/mol. The van der Waals surface area contributed by atoms with Gasteiger partial charge in [-0.15, -0.1) is 5.10 Å². The monoisotopic (exact) mass is 515 g/mol. The van der Waals surface area contributed by atoms with Gasteiger partial charge in [-0.3, -0.25) is 4.79 Å². The predicted molar refractivity (Wildman–Crippen MR) is 125 cm³/mol. The summed E-state index contributed by atoms with van der Waals surface area (Å²) < 4.78 is 2.87. The molecule has 0 unspecified atom stereocenters. The number of rotatable bonds is 6. The van der Waals surface area contributed by atoms with Crippen molar-refractivity contribution in [2.24, 2.45) is 0 Å². The van der Waals surface area contributed by atoms with Crippen molar-refractivity contribution in [2.45, 2.75) is 12.8 Å². The van der Waals surface area contributed by atoms with Gasteiger partial charge in [0.05, 0.1) is 29.0 Å².